The summed E-state index contributed by atoms with van der Waals surface area (Å²) in [6, 6.07) is 6.50. The van der Waals surface area contributed by atoms with Gasteiger partial charge in [0.2, 0.25) is 0 Å². The monoisotopic (exact) mass is 178 g/mol. The molecule has 1 N–H and O–H groups in total. The van der Waals surface area contributed by atoms with Gasteiger partial charge in [0.1, 0.15) is 0 Å². The van der Waals surface area contributed by atoms with Crippen molar-refractivity contribution in [1.29, 1.82) is 5.41 Å². The Balaban J connectivity index is 3.04. The summed E-state index contributed by atoms with van der Waals surface area (Å²) in [5.74, 6) is 0. The lowest BCUT2D eigenvalue weighted by Crippen LogP contribution is -2.00. The largest absolute Gasteiger partial charge is 0.310 e. The predicted molar refractivity (Wildman–Crippen MR) is 50.2 cm³/mol. The van der Waals surface area contributed by atoms with E-state index < -0.39 is 4.92 Å². The van der Waals surface area contributed by atoms with Gasteiger partial charge in [-0.1, -0.05) is 18.2 Å². The second-order valence-corrected chi connectivity index (χ2v) is 2.84. The van der Waals surface area contributed by atoms with Crippen LogP contribution in [0.1, 0.15) is 12.5 Å². The number of hydrogen-bond acceptors (Lipinski definition) is 3. The first-order chi connectivity index (χ1) is 6.11. The number of nitrogens with one attached hydrogen (secondary N) is 1. The molecule has 0 fully saturated rings. The average molecular weight is 178 g/mol. The third-order valence-electron chi connectivity index (χ3n) is 1.64. The Morgan fingerprint density at radius 3 is 2.69 bits per heavy atom. The predicted octanol–water partition coefficient (Wildman–Crippen LogP) is 2.18. The summed E-state index contributed by atoms with van der Waals surface area (Å²) >= 11 is 0. The van der Waals surface area contributed by atoms with E-state index in [4.69, 9.17) is 5.41 Å². The summed E-state index contributed by atoms with van der Waals surface area (Å²) < 4.78 is 0. The van der Waals surface area contributed by atoms with E-state index in [0.717, 1.165) is 0 Å². The fourth-order valence-electron chi connectivity index (χ4n) is 1.12. The van der Waals surface area contributed by atoms with Crippen LogP contribution >= 0.6 is 0 Å². The number of hydrogen-bond donors (Lipinski definition) is 1. The minimum Gasteiger partial charge on any atom is -0.310 e. The maximum absolute atomic E-state index is 10.5. The molecule has 0 atom stereocenters. The smallest absolute Gasteiger partial charge is 0.272 e. The van der Waals surface area contributed by atoms with Crippen molar-refractivity contribution in [3.63, 3.8) is 0 Å². The highest BCUT2D eigenvalue weighted by atomic mass is 16.6. The standard InChI is InChI=1S/C9H10N2O2/c1-7(10)6-8-4-2-3-5-9(8)11(12)13/h2-5,10H,6H2,1H3. The number of nitrogens with zero attached hydrogens (tertiary/aromatic N) is 1. The Labute approximate surface area is 75.9 Å². The average Bonchev–Trinajstić information content (AvgIpc) is 2.03. The van der Waals surface area contributed by atoms with Gasteiger partial charge in [-0.3, -0.25) is 10.1 Å². The van der Waals surface area contributed by atoms with Gasteiger partial charge in [0.05, 0.1) is 4.92 Å². The van der Waals surface area contributed by atoms with Crippen molar-refractivity contribution in [1.82, 2.24) is 0 Å². The first-order valence-electron chi connectivity index (χ1n) is 3.87. The van der Waals surface area contributed by atoms with E-state index in [9.17, 15) is 10.1 Å². The van der Waals surface area contributed by atoms with Gasteiger partial charge in [0.15, 0.2) is 0 Å². The molecule has 1 aromatic rings. The van der Waals surface area contributed by atoms with Gasteiger partial charge >= 0.3 is 0 Å². The fraction of sp³-hybridized carbons (Fsp3) is 0.222. The van der Waals surface area contributed by atoms with E-state index >= 15 is 0 Å². The number of benzene rings is 1. The molecule has 4 nitrogen and oxygen atoms in total. The summed E-state index contributed by atoms with van der Waals surface area (Å²) in [4.78, 5) is 10.1. The molecular formula is C9H10N2O2. The van der Waals surface area contributed by atoms with Crippen molar-refractivity contribution in [2.45, 2.75) is 13.3 Å². The first kappa shape index (κ1) is 9.38. The van der Waals surface area contributed by atoms with Gasteiger partial charge in [-0.2, -0.15) is 0 Å². The number of rotatable bonds is 3. The fourth-order valence-corrected chi connectivity index (χ4v) is 1.12. The van der Waals surface area contributed by atoms with Gasteiger partial charge in [-0.15, -0.1) is 0 Å². The van der Waals surface area contributed by atoms with Crippen LogP contribution in [-0.2, 0) is 6.42 Å². The van der Waals surface area contributed by atoms with Crippen LogP contribution in [0, 0.1) is 15.5 Å². The van der Waals surface area contributed by atoms with Crippen molar-refractivity contribution in [3.05, 3.63) is 39.9 Å². The van der Waals surface area contributed by atoms with Crippen molar-refractivity contribution >= 4 is 11.4 Å². The number of nitro benzene ring substituents is 1. The molecular weight excluding hydrogens is 168 g/mol. The zero-order valence-corrected chi connectivity index (χ0v) is 7.28. The second-order valence-electron chi connectivity index (χ2n) is 2.84. The zero-order chi connectivity index (χ0) is 9.84. The molecule has 1 rings (SSSR count). The van der Waals surface area contributed by atoms with Crippen LogP contribution in [-0.4, -0.2) is 10.6 Å². The molecule has 0 unspecified atom stereocenters. The lowest BCUT2D eigenvalue weighted by Gasteiger charge is -1.99. The SMILES string of the molecule is CC(=N)Cc1ccccc1[N+](=O)[O-]. The molecule has 0 aromatic heterocycles. The molecule has 0 saturated carbocycles. The van der Waals surface area contributed by atoms with Gasteiger partial charge in [0.25, 0.3) is 5.69 Å². The minimum atomic E-state index is -0.418. The molecule has 68 valence electrons. The molecule has 0 spiro atoms. The zero-order valence-electron chi connectivity index (χ0n) is 7.28. The molecule has 0 aliphatic heterocycles. The van der Waals surface area contributed by atoms with Crippen LogP contribution in [0.3, 0.4) is 0 Å². The normalized spacial score (nSPS) is 9.62. The maximum atomic E-state index is 10.5. The Bertz CT molecular complexity index is 347. The summed E-state index contributed by atoms with van der Waals surface area (Å²) in [7, 11) is 0. The Morgan fingerprint density at radius 1 is 1.54 bits per heavy atom. The third-order valence-corrected chi connectivity index (χ3v) is 1.64. The van der Waals surface area contributed by atoms with Gasteiger partial charge in [-0.25, -0.2) is 0 Å². The van der Waals surface area contributed by atoms with Crippen LogP contribution in [0.5, 0.6) is 0 Å². The molecule has 0 amide bonds. The van der Waals surface area contributed by atoms with E-state index in [0.29, 0.717) is 17.7 Å². The molecule has 0 aliphatic rings. The number of nitro groups is 1. The number of para-hydroxylation sites is 1. The summed E-state index contributed by atoms with van der Waals surface area (Å²) in [5, 5.41) is 17.8. The maximum Gasteiger partial charge on any atom is 0.272 e. The van der Waals surface area contributed by atoms with Crippen molar-refractivity contribution in [3.8, 4) is 0 Å². The summed E-state index contributed by atoms with van der Waals surface area (Å²) in [6.07, 6.45) is 0.344. The van der Waals surface area contributed by atoms with E-state index in [1.165, 1.54) is 6.07 Å². The van der Waals surface area contributed by atoms with Crippen LogP contribution < -0.4 is 0 Å². The van der Waals surface area contributed by atoms with Crippen molar-refractivity contribution < 1.29 is 4.92 Å². The van der Waals surface area contributed by atoms with Gasteiger partial charge < -0.3 is 5.41 Å². The van der Waals surface area contributed by atoms with E-state index in [1.54, 1.807) is 25.1 Å². The van der Waals surface area contributed by atoms with Crippen LogP contribution in [0.15, 0.2) is 24.3 Å². The molecule has 1 aromatic carbocycles. The van der Waals surface area contributed by atoms with Crippen LogP contribution in [0.25, 0.3) is 0 Å². The topological polar surface area (TPSA) is 67.0 Å². The lowest BCUT2D eigenvalue weighted by molar-refractivity contribution is -0.385. The summed E-state index contributed by atoms with van der Waals surface area (Å²) in [5.41, 5.74) is 1.11. The molecule has 0 aliphatic carbocycles. The Kier molecular flexibility index (Phi) is 2.74. The van der Waals surface area contributed by atoms with Gasteiger partial charge in [0, 0.05) is 23.8 Å². The first-order valence-corrected chi connectivity index (χ1v) is 3.87. The summed E-state index contributed by atoms with van der Waals surface area (Å²) in [6.45, 7) is 1.64. The Hall–Kier alpha value is -1.71. The minimum absolute atomic E-state index is 0.0918. The highest BCUT2D eigenvalue weighted by Gasteiger charge is 2.11. The van der Waals surface area contributed by atoms with E-state index in [1.807, 2.05) is 0 Å². The van der Waals surface area contributed by atoms with Gasteiger partial charge in [-0.05, 0) is 6.92 Å². The highest BCUT2D eigenvalue weighted by Crippen LogP contribution is 2.17. The molecule has 0 saturated heterocycles. The molecule has 13 heavy (non-hydrogen) atoms. The van der Waals surface area contributed by atoms with Crippen LogP contribution in [0.4, 0.5) is 5.69 Å². The van der Waals surface area contributed by atoms with Crippen LogP contribution in [0.2, 0.25) is 0 Å². The van der Waals surface area contributed by atoms with Crippen molar-refractivity contribution in [2.75, 3.05) is 0 Å². The quantitative estimate of drug-likeness (QED) is 0.438. The third kappa shape index (κ3) is 2.37. The highest BCUT2D eigenvalue weighted by molar-refractivity contribution is 5.82. The van der Waals surface area contributed by atoms with E-state index in [-0.39, 0.29) is 5.69 Å². The molecule has 0 heterocycles. The molecule has 0 bridgehead atoms. The van der Waals surface area contributed by atoms with Crippen molar-refractivity contribution in [2.24, 2.45) is 0 Å². The van der Waals surface area contributed by atoms with E-state index in [2.05, 4.69) is 0 Å². The molecule has 0 radical (unpaired) electrons. The second kappa shape index (κ2) is 3.80. The molecule has 4 heteroatoms. The lowest BCUT2D eigenvalue weighted by atomic mass is 10.1. The Morgan fingerprint density at radius 2 is 2.15 bits per heavy atom.